The largest absolute Gasteiger partial charge is 0.416 e. The van der Waals surface area contributed by atoms with Gasteiger partial charge in [-0.05, 0) is 30.0 Å². The molecule has 1 fully saturated rings. The van der Waals surface area contributed by atoms with Gasteiger partial charge in [0.2, 0.25) is 5.91 Å². The summed E-state index contributed by atoms with van der Waals surface area (Å²) in [6.07, 6.45) is -3.78. The summed E-state index contributed by atoms with van der Waals surface area (Å²) >= 11 is 0. The van der Waals surface area contributed by atoms with Gasteiger partial charge in [-0.1, -0.05) is 48.5 Å². The van der Waals surface area contributed by atoms with Crippen molar-refractivity contribution in [3.05, 3.63) is 98.7 Å². The predicted octanol–water partition coefficient (Wildman–Crippen LogP) is 4.55. The predicted molar refractivity (Wildman–Crippen MR) is 116 cm³/mol. The van der Waals surface area contributed by atoms with Crippen molar-refractivity contribution in [1.29, 1.82) is 0 Å². The molecule has 1 aliphatic carbocycles. The van der Waals surface area contributed by atoms with E-state index in [1.165, 1.54) is 6.07 Å². The van der Waals surface area contributed by atoms with Crippen LogP contribution in [0, 0.1) is 0 Å². The molecule has 1 aromatic heterocycles. The van der Waals surface area contributed by atoms with Crippen LogP contribution in [0.4, 0.5) is 22.0 Å². The number of halogens is 5. The second-order valence-electron chi connectivity index (χ2n) is 9.02. The highest BCUT2D eigenvalue weighted by Crippen LogP contribution is 2.52. The number of H-pyrrole nitrogens is 1. The van der Waals surface area contributed by atoms with E-state index in [1.54, 1.807) is 0 Å². The maximum absolute atomic E-state index is 15.2. The third-order valence-corrected chi connectivity index (χ3v) is 6.59. The molecule has 2 heterocycles. The van der Waals surface area contributed by atoms with Gasteiger partial charge in [-0.15, -0.1) is 0 Å². The number of aromatic amines is 1. The van der Waals surface area contributed by atoms with Crippen LogP contribution in [0.5, 0.6) is 0 Å². The van der Waals surface area contributed by atoms with E-state index in [9.17, 15) is 22.8 Å². The molecule has 2 aromatic carbocycles. The molecule has 3 aromatic rings. The Morgan fingerprint density at radius 1 is 1.06 bits per heavy atom. The minimum absolute atomic E-state index is 0.0415. The lowest BCUT2D eigenvalue weighted by molar-refractivity contribution is -0.140. The smallest absolute Gasteiger partial charge is 0.331 e. The molecule has 0 atom stereocenters. The fourth-order valence-corrected chi connectivity index (χ4v) is 4.60. The standard InChI is InChI=1S/C25H20F5N3O2/c26-24(27)14-33(19(34)12-15-5-4-8-17(11-15)25(28,29)30)13-18-20(24)31-22(32-21(18)35)23(9-10-23)16-6-2-1-3-7-16/h1-8,11H,9-10,12-14H2,(H,31,32,35). The molecule has 2 aliphatic rings. The number of carbonyl (C=O) groups excluding carboxylic acids is 1. The van der Waals surface area contributed by atoms with Gasteiger partial charge in [0.15, 0.2) is 0 Å². The van der Waals surface area contributed by atoms with Crippen LogP contribution < -0.4 is 5.56 Å². The molecule has 5 rings (SSSR count). The maximum atomic E-state index is 15.2. The molecule has 0 unspecified atom stereocenters. The first kappa shape index (κ1) is 23.2. The molecule has 1 amide bonds. The van der Waals surface area contributed by atoms with Crippen LogP contribution in [0.3, 0.4) is 0 Å². The summed E-state index contributed by atoms with van der Waals surface area (Å²) in [6.45, 7) is -1.41. The first-order valence-corrected chi connectivity index (χ1v) is 11.0. The van der Waals surface area contributed by atoms with Crippen molar-refractivity contribution in [1.82, 2.24) is 14.9 Å². The van der Waals surface area contributed by atoms with E-state index in [0.717, 1.165) is 28.7 Å². The number of nitrogens with zero attached hydrogens (tertiary/aromatic N) is 2. The average Bonchev–Trinajstić information content (AvgIpc) is 3.61. The Kier molecular flexibility index (Phi) is 5.30. The third-order valence-electron chi connectivity index (χ3n) is 6.59. The summed E-state index contributed by atoms with van der Waals surface area (Å²) in [5.74, 6) is -4.22. The second kappa shape index (κ2) is 8.00. The van der Waals surface area contributed by atoms with Crippen LogP contribution in [0.2, 0.25) is 0 Å². The van der Waals surface area contributed by atoms with Crippen LogP contribution in [0.15, 0.2) is 59.4 Å². The van der Waals surface area contributed by atoms with Gasteiger partial charge in [0, 0.05) is 0 Å². The quantitative estimate of drug-likeness (QED) is 0.547. The van der Waals surface area contributed by atoms with Gasteiger partial charge in [-0.25, -0.2) is 4.98 Å². The zero-order chi connectivity index (χ0) is 25.0. The molecule has 10 heteroatoms. The van der Waals surface area contributed by atoms with E-state index in [1.807, 2.05) is 30.3 Å². The number of hydrogen-bond acceptors (Lipinski definition) is 3. The number of rotatable bonds is 4. The van der Waals surface area contributed by atoms with Gasteiger partial charge < -0.3 is 9.88 Å². The van der Waals surface area contributed by atoms with Crippen LogP contribution in [0.1, 0.15) is 46.6 Å². The van der Waals surface area contributed by atoms with Crippen molar-refractivity contribution in [3.8, 4) is 0 Å². The lowest BCUT2D eigenvalue weighted by Gasteiger charge is -2.33. The Balaban J connectivity index is 1.43. The lowest BCUT2D eigenvalue weighted by atomic mass is 9.94. The second-order valence-corrected chi connectivity index (χ2v) is 9.02. The normalized spacial score (nSPS) is 18.1. The number of nitrogens with one attached hydrogen (secondary N) is 1. The van der Waals surface area contributed by atoms with Gasteiger partial charge in [0.05, 0.1) is 36.1 Å². The van der Waals surface area contributed by atoms with E-state index < -0.39 is 59.7 Å². The highest BCUT2D eigenvalue weighted by atomic mass is 19.4. The van der Waals surface area contributed by atoms with Crippen molar-refractivity contribution < 1.29 is 26.7 Å². The van der Waals surface area contributed by atoms with Crippen molar-refractivity contribution in [2.24, 2.45) is 0 Å². The van der Waals surface area contributed by atoms with Gasteiger partial charge in [-0.3, -0.25) is 9.59 Å². The zero-order valence-corrected chi connectivity index (χ0v) is 18.3. The topological polar surface area (TPSA) is 66.1 Å². The Hall–Kier alpha value is -3.56. The first-order chi connectivity index (χ1) is 16.5. The van der Waals surface area contributed by atoms with E-state index in [4.69, 9.17) is 0 Å². The van der Waals surface area contributed by atoms with Crippen molar-refractivity contribution in [2.75, 3.05) is 6.54 Å². The molecule has 182 valence electrons. The monoisotopic (exact) mass is 489 g/mol. The molecule has 1 saturated carbocycles. The molecule has 35 heavy (non-hydrogen) atoms. The summed E-state index contributed by atoms with van der Waals surface area (Å²) < 4.78 is 69.2. The average molecular weight is 489 g/mol. The molecule has 1 aliphatic heterocycles. The third kappa shape index (κ3) is 4.21. The van der Waals surface area contributed by atoms with Gasteiger partial charge in [-0.2, -0.15) is 22.0 Å². The molecule has 1 N–H and O–H groups in total. The summed E-state index contributed by atoms with van der Waals surface area (Å²) in [7, 11) is 0. The highest BCUT2D eigenvalue weighted by Gasteiger charge is 2.51. The molecule has 0 bridgehead atoms. The number of hydrogen-bond donors (Lipinski definition) is 1. The number of aromatic nitrogens is 2. The molecular formula is C25H20F5N3O2. The van der Waals surface area contributed by atoms with Crippen LogP contribution in [-0.2, 0) is 35.3 Å². The van der Waals surface area contributed by atoms with E-state index in [-0.39, 0.29) is 17.0 Å². The van der Waals surface area contributed by atoms with E-state index in [0.29, 0.717) is 12.8 Å². The summed E-state index contributed by atoms with van der Waals surface area (Å²) in [5, 5.41) is 0. The molecule has 0 saturated heterocycles. The van der Waals surface area contributed by atoms with Gasteiger partial charge in [0.25, 0.3) is 5.56 Å². The summed E-state index contributed by atoms with van der Waals surface area (Å²) in [5.41, 5.74) is -2.35. The fourth-order valence-electron chi connectivity index (χ4n) is 4.60. The number of amides is 1. The van der Waals surface area contributed by atoms with Gasteiger partial charge >= 0.3 is 12.1 Å². The zero-order valence-electron chi connectivity index (χ0n) is 18.3. The maximum Gasteiger partial charge on any atom is 0.416 e. The Labute approximate surface area is 196 Å². The number of alkyl halides is 5. The van der Waals surface area contributed by atoms with Crippen LogP contribution in [-0.4, -0.2) is 27.3 Å². The lowest BCUT2D eigenvalue weighted by Crippen LogP contribution is -2.47. The minimum Gasteiger partial charge on any atom is -0.331 e. The van der Waals surface area contributed by atoms with Crippen molar-refractivity contribution in [3.63, 3.8) is 0 Å². The van der Waals surface area contributed by atoms with Crippen LogP contribution >= 0.6 is 0 Å². The number of benzene rings is 2. The molecular weight excluding hydrogens is 469 g/mol. The molecule has 5 nitrogen and oxygen atoms in total. The van der Waals surface area contributed by atoms with Crippen molar-refractivity contribution in [2.45, 2.75) is 43.3 Å². The van der Waals surface area contributed by atoms with Crippen LogP contribution in [0.25, 0.3) is 0 Å². The SMILES string of the molecule is O=C(Cc1cccc(C(F)(F)F)c1)N1Cc2c(nc(C3(c4ccccc4)CC3)[nH]c2=O)C(F)(F)C1. The van der Waals surface area contributed by atoms with Crippen molar-refractivity contribution >= 4 is 5.91 Å². The Morgan fingerprint density at radius 3 is 2.43 bits per heavy atom. The number of fused-ring (bicyclic) bond motifs is 1. The highest BCUT2D eigenvalue weighted by molar-refractivity contribution is 5.79. The first-order valence-electron chi connectivity index (χ1n) is 11.0. The Bertz CT molecular complexity index is 1350. The molecule has 0 radical (unpaired) electrons. The van der Waals surface area contributed by atoms with Gasteiger partial charge in [0.1, 0.15) is 11.5 Å². The molecule has 0 spiro atoms. The number of carbonyl (C=O) groups is 1. The van der Waals surface area contributed by atoms with E-state index in [2.05, 4.69) is 9.97 Å². The van der Waals surface area contributed by atoms with E-state index >= 15 is 8.78 Å². The fraction of sp³-hybridized carbons (Fsp3) is 0.320. The summed E-state index contributed by atoms with van der Waals surface area (Å²) in [4.78, 5) is 33.2. The Morgan fingerprint density at radius 2 is 1.77 bits per heavy atom. The minimum atomic E-state index is -4.59. The summed E-state index contributed by atoms with van der Waals surface area (Å²) in [6, 6.07) is 13.4.